The van der Waals surface area contributed by atoms with Crippen molar-refractivity contribution < 1.29 is 22.7 Å². The lowest BCUT2D eigenvalue weighted by Crippen LogP contribution is -2.27. The summed E-state index contributed by atoms with van der Waals surface area (Å²) in [5.74, 6) is -0.720. The van der Waals surface area contributed by atoms with Crippen LogP contribution in [0.4, 0.5) is 10.8 Å². The van der Waals surface area contributed by atoms with Crippen LogP contribution in [-0.2, 0) is 10.0 Å². The average Bonchev–Trinajstić information content (AvgIpc) is 3.22. The highest BCUT2D eigenvalue weighted by Crippen LogP contribution is 2.31. The third-order valence-electron chi connectivity index (χ3n) is 4.17. The summed E-state index contributed by atoms with van der Waals surface area (Å²) in [6.07, 6.45) is 1.27. The van der Waals surface area contributed by atoms with Gasteiger partial charge < -0.3 is 10.5 Å². The summed E-state index contributed by atoms with van der Waals surface area (Å²) in [6, 6.07) is 12.2. The molecule has 0 saturated heterocycles. The van der Waals surface area contributed by atoms with Crippen LogP contribution in [0, 0.1) is 0 Å². The number of aromatic nitrogens is 1. The van der Waals surface area contributed by atoms with Gasteiger partial charge in [-0.25, -0.2) is 13.4 Å². The molecule has 3 aromatic rings. The Kier molecular flexibility index (Phi) is 6.04. The van der Waals surface area contributed by atoms with Crippen molar-refractivity contribution >= 4 is 44.0 Å². The molecule has 3 N–H and O–H groups in total. The van der Waals surface area contributed by atoms with Gasteiger partial charge in [0.25, 0.3) is 21.8 Å². The fraction of sp³-hybridized carbons (Fsp3) is 0.105. The number of carbonyl (C=O) groups excluding carboxylic acids is 2. The first-order chi connectivity index (χ1) is 14.2. The number of carbonyl (C=O) groups is 2. The number of primary amides is 1. The SMILES string of the molecule is COc1ccccc1N(C)S(=O)(=O)c1ccc(C(=O)Nc2ncc(C(N)=O)s2)cc1. The van der Waals surface area contributed by atoms with Crippen LogP contribution in [-0.4, -0.2) is 39.4 Å². The first-order valence-electron chi connectivity index (χ1n) is 8.53. The Labute approximate surface area is 177 Å². The van der Waals surface area contributed by atoms with E-state index in [-0.39, 0.29) is 20.5 Å². The van der Waals surface area contributed by atoms with Crippen molar-refractivity contribution in [2.24, 2.45) is 5.73 Å². The van der Waals surface area contributed by atoms with Crippen LogP contribution in [0.2, 0.25) is 0 Å². The van der Waals surface area contributed by atoms with Gasteiger partial charge in [0.15, 0.2) is 5.13 Å². The number of nitrogens with one attached hydrogen (secondary N) is 1. The van der Waals surface area contributed by atoms with Gasteiger partial charge in [-0.3, -0.25) is 19.2 Å². The molecule has 2 amide bonds. The Balaban J connectivity index is 1.79. The molecule has 11 heteroatoms. The van der Waals surface area contributed by atoms with Gasteiger partial charge in [0, 0.05) is 12.6 Å². The highest BCUT2D eigenvalue weighted by Gasteiger charge is 2.24. The van der Waals surface area contributed by atoms with Gasteiger partial charge in [0.05, 0.1) is 23.9 Å². The molecule has 0 radical (unpaired) electrons. The summed E-state index contributed by atoms with van der Waals surface area (Å²) in [4.78, 5) is 27.6. The molecule has 0 aliphatic rings. The number of ether oxygens (including phenoxy) is 1. The van der Waals surface area contributed by atoms with Crippen LogP contribution in [0.1, 0.15) is 20.0 Å². The molecular weight excluding hydrogens is 428 g/mol. The number of rotatable bonds is 7. The van der Waals surface area contributed by atoms with Gasteiger partial charge in [-0.05, 0) is 36.4 Å². The Morgan fingerprint density at radius 3 is 2.40 bits per heavy atom. The van der Waals surface area contributed by atoms with Crippen LogP contribution in [0.25, 0.3) is 0 Å². The fourth-order valence-corrected chi connectivity index (χ4v) is 4.44. The maximum atomic E-state index is 13.0. The van der Waals surface area contributed by atoms with E-state index in [0.717, 1.165) is 15.6 Å². The largest absolute Gasteiger partial charge is 0.495 e. The van der Waals surface area contributed by atoms with E-state index in [0.29, 0.717) is 11.4 Å². The first kappa shape index (κ1) is 21.3. The van der Waals surface area contributed by atoms with Crippen molar-refractivity contribution in [1.29, 1.82) is 0 Å². The first-order valence-corrected chi connectivity index (χ1v) is 10.8. The molecule has 30 heavy (non-hydrogen) atoms. The minimum absolute atomic E-state index is 0.0118. The zero-order chi connectivity index (χ0) is 21.9. The molecule has 0 bridgehead atoms. The summed E-state index contributed by atoms with van der Waals surface area (Å²) < 4.78 is 32.3. The molecule has 1 aromatic heterocycles. The van der Waals surface area contributed by atoms with Gasteiger partial charge in [0.2, 0.25) is 0 Å². The number of nitrogens with two attached hydrogens (primary N) is 1. The molecule has 0 aliphatic heterocycles. The second-order valence-electron chi connectivity index (χ2n) is 6.02. The second kappa shape index (κ2) is 8.51. The highest BCUT2D eigenvalue weighted by atomic mass is 32.2. The van der Waals surface area contributed by atoms with Crippen LogP contribution < -0.4 is 20.1 Å². The minimum Gasteiger partial charge on any atom is -0.495 e. The molecule has 0 spiro atoms. The lowest BCUT2D eigenvalue weighted by Gasteiger charge is -2.21. The van der Waals surface area contributed by atoms with E-state index in [1.54, 1.807) is 24.3 Å². The number of nitrogens with zero attached hydrogens (tertiary/aromatic N) is 2. The van der Waals surface area contributed by atoms with Crippen molar-refractivity contribution in [3.05, 3.63) is 65.2 Å². The molecule has 9 nitrogen and oxygen atoms in total. The van der Waals surface area contributed by atoms with E-state index in [9.17, 15) is 18.0 Å². The lowest BCUT2D eigenvalue weighted by molar-refractivity contribution is 0.100. The topological polar surface area (TPSA) is 132 Å². The summed E-state index contributed by atoms with van der Waals surface area (Å²) in [5, 5.41) is 2.75. The number of hydrogen-bond acceptors (Lipinski definition) is 7. The van der Waals surface area contributed by atoms with Crippen molar-refractivity contribution in [2.45, 2.75) is 4.90 Å². The van der Waals surface area contributed by atoms with Gasteiger partial charge in [-0.1, -0.05) is 23.5 Å². The third kappa shape index (κ3) is 4.26. The quantitative estimate of drug-likeness (QED) is 0.572. The Bertz CT molecular complexity index is 1190. The molecule has 0 saturated carbocycles. The van der Waals surface area contributed by atoms with Crippen LogP contribution in [0.5, 0.6) is 5.75 Å². The summed E-state index contributed by atoms with van der Waals surface area (Å²) in [6.45, 7) is 0. The minimum atomic E-state index is -3.87. The third-order valence-corrected chi connectivity index (χ3v) is 6.88. The predicted molar refractivity (Wildman–Crippen MR) is 114 cm³/mol. The fourth-order valence-electron chi connectivity index (χ4n) is 2.57. The molecule has 3 rings (SSSR count). The van der Waals surface area contributed by atoms with Gasteiger partial charge >= 0.3 is 0 Å². The number of thiazole rings is 1. The smallest absolute Gasteiger partial charge is 0.264 e. The predicted octanol–water partition coefficient (Wildman–Crippen LogP) is 2.33. The maximum absolute atomic E-state index is 13.0. The summed E-state index contributed by atoms with van der Waals surface area (Å²) in [5.41, 5.74) is 5.77. The standard InChI is InChI=1S/C19H18N4O5S2/c1-23(14-5-3-4-6-15(14)28-2)30(26,27)13-9-7-12(8-10-13)18(25)22-19-21-11-16(29-19)17(20)24/h3-11H,1-2H3,(H2,20,24)(H,21,22,25). The Hall–Kier alpha value is -3.44. The average molecular weight is 447 g/mol. The molecule has 156 valence electrons. The van der Waals surface area contributed by atoms with Crippen LogP contribution in [0.3, 0.4) is 0 Å². The van der Waals surface area contributed by atoms with Crippen molar-refractivity contribution in [3.63, 3.8) is 0 Å². The molecular formula is C19H18N4O5S2. The number of amides is 2. The lowest BCUT2D eigenvalue weighted by atomic mass is 10.2. The van der Waals surface area contributed by atoms with E-state index in [1.807, 2.05) is 0 Å². The van der Waals surface area contributed by atoms with E-state index >= 15 is 0 Å². The molecule has 0 unspecified atom stereocenters. The molecule has 0 aliphatic carbocycles. The zero-order valence-corrected chi connectivity index (χ0v) is 17.7. The van der Waals surface area contributed by atoms with E-state index in [2.05, 4.69) is 10.3 Å². The molecule has 1 heterocycles. The monoisotopic (exact) mass is 446 g/mol. The number of methoxy groups -OCH3 is 1. The van der Waals surface area contributed by atoms with Crippen molar-refractivity contribution in [2.75, 3.05) is 23.8 Å². The van der Waals surface area contributed by atoms with Crippen LogP contribution in [0.15, 0.2) is 59.6 Å². The zero-order valence-electron chi connectivity index (χ0n) is 16.0. The number of anilines is 2. The van der Waals surface area contributed by atoms with Gasteiger partial charge in [-0.2, -0.15) is 0 Å². The number of benzene rings is 2. The molecule has 2 aromatic carbocycles. The molecule has 0 atom stereocenters. The number of hydrogen-bond donors (Lipinski definition) is 2. The summed E-state index contributed by atoms with van der Waals surface area (Å²) in [7, 11) is -0.989. The van der Waals surface area contributed by atoms with Gasteiger partial charge in [0.1, 0.15) is 10.6 Å². The number of para-hydroxylation sites is 2. The highest BCUT2D eigenvalue weighted by molar-refractivity contribution is 7.92. The van der Waals surface area contributed by atoms with E-state index in [4.69, 9.17) is 10.5 Å². The maximum Gasteiger partial charge on any atom is 0.264 e. The second-order valence-corrected chi connectivity index (χ2v) is 9.02. The van der Waals surface area contributed by atoms with Crippen LogP contribution >= 0.6 is 11.3 Å². The Morgan fingerprint density at radius 2 is 1.80 bits per heavy atom. The molecule has 0 fully saturated rings. The van der Waals surface area contributed by atoms with Crippen molar-refractivity contribution in [3.8, 4) is 5.75 Å². The van der Waals surface area contributed by atoms with Gasteiger partial charge in [-0.15, -0.1) is 0 Å². The summed E-state index contributed by atoms with van der Waals surface area (Å²) >= 11 is 0.944. The number of sulfonamides is 1. The van der Waals surface area contributed by atoms with E-state index < -0.39 is 21.8 Å². The van der Waals surface area contributed by atoms with E-state index in [1.165, 1.54) is 44.6 Å². The normalized spacial score (nSPS) is 11.0. The van der Waals surface area contributed by atoms with Crippen molar-refractivity contribution in [1.82, 2.24) is 4.98 Å². The Morgan fingerprint density at radius 1 is 1.13 bits per heavy atom.